The second kappa shape index (κ2) is 10.4. The number of hydrogen-bond acceptors (Lipinski definition) is 3. The van der Waals surface area contributed by atoms with Gasteiger partial charge < -0.3 is 0 Å². The van der Waals surface area contributed by atoms with Gasteiger partial charge in [-0.1, -0.05) is 133 Å². The highest BCUT2D eigenvalue weighted by Gasteiger charge is 2.14. The molecule has 0 saturated heterocycles. The van der Waals surface area contributed by atoms with E-state index in [-0.39, 0.29) is 0 Å². The Hall–Kier alpha value is -5.41. The fourth-order valence-electron chi connectivity index (χ4n) is 5.11. The summed E-state index contributed by atoms with van der Waals surface area (Å²) < 4.78 is 0. The molecule has 0 unspecified atom stereocenters. The number of fused-ring (bicyclic) bond motifs is 1. The van der Waals surface area contributed by atoms with Crippen molar-refractivity contribution in [1.29, 1.82) is 0 Å². The van der Waals surface area contributed by atoms with E-state index in [2.05, 4.69) is 91.0 Å². The van der Waals surface area contributed by atoms with Crippen LogP contribution in [0.15, 0.2) is 152 Å². The average molecular weight is 512 g/mol. The van der Waals surface area contributed by atoms with Crippen molar-refractivity contribution in [3.8, 4) is 56.4 Å². The van der Waals surface area contributed by atoms with Crippen LogP contribution in [0.2, 0.25) is 0 Å². The van der Waals surface area contributed by atoms with Gasteiger partial charge in [-0.05, 0) is 51.2 Å². The molecule has 188 valence electrons. The predicted molar refractivity (Wildman–Crippen MR) is 165 cm³/mol. The van der Waals surface area contributed by atoms with Gasteiger partial charge in [0.1, 0.15) is 0 Å². The van der Waals surface area contributed by atoms with Crippen molar-refractivity contribution >= 4 is 10.8 Å². The van der Waals surface area contributed by atoms with Gasteiger partial charge in [0.15, 0.2) is 17.5 Å². The summed E-state index contributed by atoms with van der Waals surface area (Å²) in [5.41, 5.74) is 7.56. The molecule has 3 heteroatoms. The molecule has 0 N–H and O–H groups in total. The molecule has 0 amide bonds. The van der Waals surface area contributed by atoms with Crippen LogP contribution in [0.5, 0.6) is 0 Å². The Bertz CT molecular complexity index is 1870. The second-order valence-corrected chi connectivity index (χ2v) is 9.73. The molecule has 0 aliphatic rings. The molecular formula is C37H25N3. The maximum absolute atomic E-state index is 4.93. The molecule has 1 aromatic heterocycles. The van der Waals surface area contributed by atoms with Crippen molar-refractivity contribution in [2.75, 3.05) is 0 Å². The molecule has 7 aromatic rings. The number of rotatable bonds is 5. The van der Waals surface area contributed by atoms with Gasteiger partial charge in [-0.25, -0.2) is 15.0 Å². The zero-order valence-electron chi connectivity index (χ0n) is 21.8. The van der Waals surface area contributed by atoms with E-state index in [1.54, 1.807) is 0 Å². The summed E-state index contributed by atoms with van der Waals surface area (Å²) in [5.74, 6) is 1.97. The van der Waals surface area contributed by atoms with E-state index < -0.39 is 0 Å². The first kappa shape index (κ1) is 23.7. The Morgan fingerprint density at radius 2 is 0.775 bits per heavy atom. The highest BCUT2D eigenvalue weighted by Crippen LogP contribution is 2.35. The molecule has 0 atom stereocenters. The molecule has 0 aliphatic carbocycles. The van der Waals surface area contributed by atoms with Crippen molar-refractivity contribution in [2.45, 2.75) is 0 Å². The van der Waals surface area contributed by atoms with Gasteiger partial charge in [-0.15, -0.1) is 0 Å². The minimum absolute atomic E-state index is 0.652. The molecule has 0 spiro atoms. The van der Waals surface area contributed by atoms with Crippen molar-refractivity contribution in [3.63, 3.8) is 0 Å². The highest BCUT2D eigenvalue weighted by molar-refractivity contribution is 6.00. The minimum Gasteiger partial charge on any atom is -0.208 e. The summed E-state index contributed by atoms with van der Waals surface area (Å²) in [6.07, 6.45) is 0. The molecule has 0 radical (unpaired) electrons. The average Bonchev–Trinajstić information content (AvgIpc) is 3.05. The predicted octanol–water partition coefficient (Wildman–Crippen LogP) is 9.36. The summed E-state index contributed by atoms with van der Waals surface area (Å²) in [6.45, 7) is 0. The first-order valence-corrected chi connectivity index (χ1v) is 13.4. The zero-order valence-corrected chi connectivity index (χ0v) is 21.8. The molecular weight excluding hydrogens is 486 g/mol. The molecule has 7 rings (SSSR count). The topological polar surface area (TPSA) is 38.7 Å². The summed E-state index contributed by atoms with van der Waals surface area (Å²) in [6, 6.07) is 52.3. The highest BCUT2D eigenvalue weighted by atomic mass is 15.0. The van der Waals surface area contributed by atoms with Crippen molar-refractivity contribution in [2.24, 2.45) is 0 Å². The van der Waals surface area contributed by atoms with Crippen LogP contribution in [-0.4, -0.2) is 15.0 Å². The van der Waals surface area contributed by atoms with Gasteiger partial charge in [-0.2, -0.15) is 0 Å². The minimum atomic E-state index is 0.652. The van der Waals surface area contributed by atoms with Crippen LogP contribution in [0.25, 0.3) is 67.2 Å². The monoisotopic (exact) mass is 511 g/mol. The first-order chi connectivity index (χ1) is 19.8. The number of nitrogens with zero attached hydrogens (tertiary/aromatic N) is 3. The van der Waals surface area contributed by atoms with Crippen molar-refractivity contribution < 1.29 is 0 Å². The van der Waals surface area contributed by atoms with Gasteiger partial charge in [0, 0.05) is 16.7 Å². The van der Waals surface area contributed by atoms with Crippen LogP contribution in [0, 0.1) is 0 Å². The van der Waals surface area contributed by atoms with Crippen molar-refractivity contribution in [1.82, 2.24) is 15.0 Å². The molecule has 1 heterocycles. The third-order valence-electron chi connectivity index (χ3n) is 7.10. The van der Waals surface area contributed by atoms with Gasteiger partial charge >= 0.3 is 0 Å². The Labute approximate surface area is 233 Å². The zero-order chi connectivity index (χ0) is 26.7. The maximum atomic E-state index is 4.93. The number of aromatic nitrogens is 3. The van der Waals surface area contributed by atoms with Gasteiger partial charge in [0.05, 0.1) is 0 Å². The van der Waals surface area contributed by atoms with Crippen LogP contribution in [-0.2, 0) is 0 Å². The number of hydrogen-bond donors (Lipinski definition) is 0. The molecule has 6 aromatic carbocycles. The smallest absolute Gasteiger partial charge is 0.164 e. The van der Waals surface area contributed by atoms with Crippen LogP contribution in [0.1, 0.15) is 0 Å². The van der Waals surface area contributed by atoms with Crippen LogP contribution >= 0.6 is 0 Å². The van der Waals surface area contributed by atoms with E-state index in [4.69, 9.17) is 15.0 Å². The number of benzene rings is 6. The van der Waals surface area contributed by atoms with Gasteiger partial charge in [-0.3, -0.25) is 0 Å². The lowest BCUT2D eigenvalue weighted by molar-refractivity contribution is 1.07. The second-order valence-electron chi connectivity index (χ2n) is 9.73. The summed E-state index contributed by atoms with van der Waals surface area (Å²) in [4.78, 5) is 14.7. The van der Waals surface area contributed by atoms with E-state index >= 15 is 0 Å². The molecule has 0 saturated carbocycles. The third kappa shape index (κ3) is 4.65. The Kier molecular flexibility index (Phi) is 6.15. The quantitative estimate of drug-likeness (QED) is 0.231. The fourth-order valence-corrected chi connectivity index (χ4v) is 5.11. The van der Waals surface area contributed by atoms with E-state index in [0.717, 1.165) is 27.8 Å². The lowest BCUT2D eigenvalue weighted by Crippen LogP contribution is -2.00. The van der Waals surface area contributed by atoms with Crippen molar-refractivity contribution in [3.05, 3.63) is 152 Å². The van der Waals surface area contributed by atoms with E-state index in [9.17, 15) is 0 Å². The van der Waals surface area contributed by atoms with E-state index in [1.165, 1.54) is 21.9 Å². The van der Waals surface area contributed by atoms with Gasteiger partial charge in [0.2, 0.25) is 0 Å². The molecule has 0 bridgehead atoms. The normalized spacial score (nSPS) is 11.0. The maximum Gasteiger partial charge on any atom is 0.164 e. The first-order valence-electron chi connectivity index (χ1n) is 13.4. The fraction of sp³-hybridized carbons (Fsp3) is 0. The van der Waals surface area contributed by atoms with E-state index in [0.29, 0.717) is 17.5 Å². The van der Waals surface area contributed by atoms with Crippen LogP contribution in [0.3, 0.4) is 0 Å². The van der Waals surface area contributed by atoms with Gasteiger partial charge in [0.25, 0.3) is 0 Å². The Balaban J connectivity index is 1.38. The molecule has 0 aliphatic heterocycles. The van der Waals surface area contributed by atoms with E-state index in [1.807, 2.05) is 60.7 Å². The standard InChI is InChI=1S/C37H25N3/c1-4-13-26(14-5-1)34-25-32(24-30-19-10-11-22-33(30)34)29-20-12-21-31(23-29)37-39-35(27-15-6-2-7-16-27)38-36(40-37)28-17-8-3-9-18-28/h1-25H. The van der Waals surface area contributed by atoms with Crippen LogP contribution < -0.4 is 0 Å². The summed E-state index contributed by atoms with van der Waals surface area (Å²) in [7, 11) is 0. The third-order valence-corrected chi connectivity index (χ3v) is 7.10. The SMILES string of the molecule is c1ccc(-c2nc(-c3ccccc3)nc(-c3cccc(-c4cc(-c5ccccc5)c5ccccc5c4)c3)n2)cc1. The molecule has 3 nitrogen and oxygen atoms in total. The lowest BCUT2D eigenvalue weighted by atomic mass is 9.92. The largest absolute Gasteiger partial charge is 0.208 e. The molecule has 40 heavy (non-hydrogen) atoms. The lowest BCUT2D eigenvalue weighted by Gasteiger charge is -2.13. The summed E-state index contributed by atoms with van der Waals surface area (Å²) in [5, 5.41) is 2.45. The van der Waals surface area contributed by atoms with Crippen LogP contribution in [0.4, 0.5) is 0 Å². The Morgan fingerprint density at radius 1 is 0.300 bits per heavy atom. The molecule has 0 fully saturated rings. The Morgan fingerprint density at radius 3 is 1.40 bits per heavy atom. The summed E-state index contributed by atoms with van der Waals surface area (Å²) >= 11 is 0.